The predicted molar refractivity (Wildman–Crippen MR) is 71.1 cm³/mol. The van der Waals surface area contributed by atoms with Crippen LogP contribution in [0.4, 0.5) is 13.2 Å². The Morgan fingerprint density at radius 2 is 1.91 bits per heavy atom. The number of benzene rings is 1. The summed E-state index contributed by atoms with van der Waals surface area (Å²) >= 11 is 0. The molecule has 0 radical (unpaired) electrons. The summed E-state index contributed by atoms with van der Waals surface area (Å²) in [5.74, 6) is -0.561. The van der Waals surface area contributed by atoms with Crippen LogP contribution in [-0.4, -0.2) is 29.5 Å². The summed E-state index contributed by atoms with van der Waals surface area (Å²) in [5, 5.41) is 3.52. The van der Waals surface area contributed by atoms with E-state index in [2.05, 4.69) is 9.84 Å². The second kappa shape index (κ2) is 6.08. The summed E-state index contributed by atoms with van der Waals surface area (Å²) in [6.07, 6.45) is -4.57. The van der Waals surface area contributed by atoms with Gasteiger partial charge in [-0.15, -0.1) is 0 Å². The van der Waals surface area contributed by atoms with E-state index < -0.39 is 17.8 Å². The molecular weight excluding hydrogens is 301 g/mol. The van der Waals surface area contributed by atoms with E-state index in [4.69, 9.17) is 4.74 Å². The normalized spacial score (nSPS) is 11.3. The molecule has 1 aromatic carbocycles. The van der Waals surface area contributed by atoms with Crippen molar-refractivity contribution in [3.63, 3.8) is 0 Å². The molecule has 2 aromatic rings. The number of carbonyl (C=O) groups is 1. The molecule has 0 bridgehead atoms. The van der Waals surface area contributed by atoms with Crippen molar-refractivity contribution in [2.45, 2.75) is 13.1 Å². The molecule has 0 aliphatic rings. The predicted octanol–water partition coefficient (Wildman–Crippen LogP) is 3.08. The zero-order valence-electron chi connectivity index (χ0n) is 11.8. The summed E-state index contributed by atoms with van der Waals surface area (Å²) in [6.45, 7) is 1.86. The van der Waals surface area contributed by atoms with Crippen LogP contribution in [0.15, 0.2) is 30.3 Å². The van der Waals surface area contributed by atoms with Crippen molar-refractivity contribution in [1.29, 1.82) is 0 Å². The van der Waals surface area contributed by atoms with Gasteiger partial charge in [-0.3, -0.25) is 0 Å². The smallest absolute Gasteiger partial charge is 0.435 e. The average Bonchev–Trinajstić information content (AvgIpc) is 2.91. The fourth-order valence-corrected chi connectivity index (χ4v) is 1.79. The van der Waals surface area contributed by atoms with E-state index in [1.165, 1.54) is 31.4 Å². The number of hydrogen-bond acceptors (Lipinski definition) is 4. The highest BCUT2D eigenvalue weighted by atomic mass is 19.4. The van der Waals surface area contributed by atoms with E-state index in [0.717, 1.165) is 10.7 Å². The molecule has 0 atom stereocenters. The first kappa shape index (κ1) is 15.9. The molecule has 8 heteroatoms. The second-order valence-electron chi connectivity index (χ2n) is 4.25. The van der Waals surface area contributed by atoms with Crippen LogP contribution in [0.25, 0.3) is 5.69 Å². The molecule has 1 aromatic heterocycles. The van der Waals surface area contributed by atoms with Gasteiger partial charge in [0, 0.05) is 6.07 Å². The highest BCUT2D eigenvalue weighted by Crippen LogP contribution is 2.32. The van der Waals surface area contributed by atoms with Crippen molar-refractivity contribution in [2.24, 2.45) is 0 Å². The van der Waals surface area contributed by atoms with E-state index in [1.54, 1.807) is 6.92 Å². The molecule has 0 saturated carbocycles. The number of alkyl halides is 3. The standard InChI is InChI=1S/C14H13F3N2O3/c1-3-22-12-8-11(14(15,16)17)18-19(12)10-6-4-9(5-7-10)13(20)21-2/h4-8H,3H2,1-2H3. The number of nitrogens with zero attached hydrogens (tertiary/aromatic N) is 2. The first-order chi connectivity index (χ1) is 10.4. The zero-order valence-corrected chi connectivity index (χ0v) is 11.8. The lowest BCUT2D eigenvalue weighted by molar-refractivity contribution is -0.141. The minimum absolute atomic E-state index is 0.0272. The maximum Gasteiger partial charge on any atom is 0.435 e. The largest absolute Gasteiger partial charge is 0.478 e. The van der Waals surface area contributed by atoms with Gasteiger partial charge >= 0.3 is 12.1 Å². The third-order valence-electron chi connectivity index (χ3n) is 2.79. The number of methoxy groups -OCH3 is 1. The van der Waals surface area contributed by atoms with Gasteiger partial charge in [0.05, 0.1) is 25.0 Å². The van der Waals surface area contributed by atoms with Crippen LogP contribution in [0.1, 0.15) is 23.0 Å². The van der Waals surface area contributed by atoms with Gasteiger partial charge in [-0.2, -0.15) is 18.3 Å². The molecule has 0 fully saturated rings. The van der Waals surface area contributed by atoms with Crippen LogP contribution in [-0.2, 0) is 10.9 Å². The topological polar surface area (TPSA) is 53.4 Å². The van der Waals surface area contributed by atoms with E-state index >= 15 is 0 Å². The minimum atomic E-state index is -4.57. The van der Waals surface area contributed by atoms with Gasteiger partial charge in [0.1, 0.15) is 0 Å². The molecule has 22 heavy (non-hydrogen) atoms. The number of carbonyl (C=O) groups excluding carboxylic acids is 1. The van der Waals surface area contributed by atoms with Crippen LogP contribution < -0.4 is 4.74 Å². The molecule has 0 aliphatic heterocycles. The maximum absolute atomic E-state index is 12.8. The minimum Gasteiger partial charge on any atom is -0.478 e. The number of aromatic nitrogens is 2. The van der Waals surface area contributed by atoms with Crippen molar-refractivity contribution in [1.82, 2.24) is 9.78 Å². The Balaban J connectivity index is 2.42. The third-order valence-corrected chi connectivity index (χ3v) is 2.79. The van der Waals surface area contributed by atoms with E-state index in [-0.39, 0.29) is 18.1 Å². The van der Waals surface area contributed by atoms with E-state index in [9.17, 15) is 18.0 Å². The Hall–Kier alpha value is -2.51. The SMILES string of the molecule is CCOc1cc(C(F)(F)F)nn1-c1ccc(C(=O)OC)cc1. The average molecular weight is 314 g/mol. The highest BCUT2D eigenvalue weighted by Gasteiger charge is 2.35. The summed E-state index contributed by atoms with van der Waals surface area (Å²) in [7, 11) is 1.24. The zero-order chi connectivity index (χ0) is 16.3. The molecule has 0 unspecified atom stereocenters. The number of esters is 1. The molecule has 1 heterocycles. The second-order valence-corrected chi connectivity index (χ2v) is 4.25. The Labute approximate surface area is 124 Å². The van der Waals surface area contributed by atoms with Gasteiger partial charge in [0.2, 0.25) is 5.88 Å². The summed E-state index contributed by atoms with van der Waals surface area (Å²) in [6, 6.07) is 6.62. The number of halogens is 3. The lowest BCUT2D eigenvalue weighted by Crippen LogP contribution is -2.08. The van der Waals surface area contributed by atoms with Crippen molar-refractivity contribution in [3.8, 4) is 11.6 Å². The van der Waals surface area contributed by atoms with E-state index in [1.807, 2.05) is 0 Å². The number of rotatable bonds is 4. The molecule has 0 aliphatic carbocycles. The summed E-state index contributed by atoms with van der Waals surface area (Å²) in [5.41, 5.74) is -0.424. The van der Waals surface area contributed by atoms with Crippen LogP contribution in [0, 0.1) is 0 Å². The lowest BCUT2D eigenvalue weighted by Gasteiger charge is -2.08. The highest BCUT2D eigenvalue weighted by molar-refractivity contribution is 5.89. The Morgan fingerprint density at radius 1 is 1.27 bits per heavy atom. The number of hydrogen-bond donors (Lipinski definition) is 0. The summed E-state index contributed by atoms with van der Waals surface area (Å²) < 4.78 is 49.0. The van der Waals surface area contributed by atoms with Crippen molar-refractivity contribution < 1.29 is 27.4 Å². The first-order valence-corrected chi connectivity index (χ1v) is 6.35. The fourth-order valence-electron chi connectivity index (χ4n) is 1.79. The molecule has 5 nitrogen and oxygen atoms in total. The lowest BCUT2D eigenvalue weighted by atomic mass is 10.2. The van der Waals surface area contributed by atoms with Crippen LogP contribution in [0.2, 0.25) is 0 Å². The fraction of sp³-hybridized carbons (Fsp3) is 0.286. The van der Waals surface area contributed by atoms with E-state index in [0.29, 0.717) is 5.69 Å². The molecule has 0 amide bonds. The maximum atomic E-state index is 12.8. The quantitative estimate of drug-likeness (QED) is 0.814. The molecule has 0 N–H and O–H groups in total. The monoisotopic (exact) mass is 314 g/mol. The van der Waals surface area contributed by atoms with Crippen molar-refractivity contribution in [2.75, 3.05) is 13.7 Å². The molecule has 0 saturated heterocycles. The van der Waals surface area contributed by atoms with Gasteiger partial charge in [-0.1, -0.05) is 0 Å². The molecule has 2 rings (SSSR count). The Bertz CT molecular complexity index is 663. The summed E-state index contributed by atoms with van der Waals surface area (Å²) in [4.78, 5) is 11.3. The van der Waals surface area contributed by atoms with Crippen LogP contribution >= 0.6 is 0 Å². The van der Waals surface area contributed by atoms with Crippen molar-refractivity contribution >= 4 is 5.97 Å². The molecular formula is C14H13F3N2O3. The van der Waals surface area contributed by atoms with Gasteiger partial charge in [-0.25, -0.2) is 9.48 Å². The molecule has 118 valence electrons. The van der Waals surface area contributed by atoms with Gasteiger partial charge in [0.15, 0.2) is 5.69 Å². The van der Waals surface area contributed by atoms with Gasteiger partial charge in [-0.05, 0) is 31.2 Å². The van der Waals surface area contributed by atoms with Crippen LogP contribution in [0.5, 0.6) is 5.88 Å². The Morgan fingerprint density at radius 3 is 2.41 bits per heavy atom. The van der Waals surface area contributed by atoms with Gasteiger partial charge < -0.3 is 9.47 Å². The number of ether oxygens (including phenoxy) is 2. The third kappa shape index (κ3) is 3.21. The van der Waals surface area contributed by atoms with Crippen molar-refractivity contribution in [3.05, 3.63) is 41.6 Å². The van der Waals surface area contributed by atoms with Crippen LogP contribution in [0.3, 0.4) is 0 Å². The first-order valence-electron chi connectivity index (χ1n) is 6.35. The van der Waals surface area contributed by atoms with Gasteiger partial charge in [0.25, 0.3) is 0 Å². The Kier molecular flexibility index (Phi) is 4.39. The molecule has 0 spiro atoms.